The Morgan fingerprint density at radius 2 is 1.02 bits per heavy atom. The lowest BCUT2D eigenvalue weighted by molar-refractivity contribution is -0.321. The van der Waals surface area contributed by atoms with E-state index in [1.54, 1.807) is 76.2 Å². The highest BCUT2D eigenvalue weighted by atomic mass is 17.0. The van der Waals surface area contributed by atoms with Crippen LogP contribution in [-0.2, 0) is 40.2 Å². The molecule has 12 heteroatoms. The molecule has 0 bridgehead atoms. The Morgan fingerprint density at radius 3 is 1.25 bits per heavy atom. The van der Waals surface area contributed by atoms with Crippen molar-refractivity contribution in [1.82, 2.24) is 10.5 Å². The van der Waals surface area contributed by atoms with Gasteiger partial charge in [-0.1, -0.05) is 30.8 Å². The third-order valence-corrected chi connectivity index (χ3v) is 4.35. The highest BCUT2D eigenvalue weighted by Crippen LogP contribution is 2.16. The van der Waals surface area contributed by atoms with E-state index in [2.05, 4.69) is 6.58 Å². The predicted octanol–water partition coefficient (Wildman–Crippen LogP) is 4.06. The molecule has 2 aromatic carbocycles. The van der Waals surface area contributed by atoms with Crippen molar-refractivity contribution < 1.29 is 48.4 Å². The summed E-state index contributed by atoms with van der Waals surface area (Å²) < 4.78 is 0. The number of hydrogen-bond donors (Lipinski definition) is 1. The number of amides is 2. The van der Waals surface area contributed by atoms with Crippen LogP contribution in [-0.4, -0.2) is 57.5 Å². The number of carboxylic acids is 1. The zero-order valence-corrected chi connectivity index (χ0v) is 23.3. The third-order valence-electron chi connectivity index (χ3n) is 4.35. The van der Waals surface area contributed by atoms with Gasteiger partial charge in [-0.2, -0.15) is 0 Å². The van der Waals surface area contributed by atoms with Crippen molar-refractivity contribution in [2.24, 2.45) is 0 Å². The predicted molar refractivity (Wildman–Crippen MR) is 142 cm³/mol. The SMILES string of the molecule is C=CC(=O)O.CC(=O)ON(OC(C)C)C(=O)c1ccc(Cc2ccc(C(=O)N(OC(C)=O)OC(C)C)cc2)cc1. The summed E-state index contributed by atoms with van der Waals surface area (Å²) in [5.41, 5.74) is 2.39. The molecule has 0 atom stereocenters. The standard InChI is InChI=1S/C25H30N2O8.C3H4O2/c1-16(2)32-26(34-18(5)28)24(30)22-11-7-20(8-12-22)15-21-9-13-23(14-10-21)25(31)27(33-17(3)4)35-19(6)29;1-2-3(4)5/h7-14,16-17H,15H2,1-6H3;2H,1H2,(H,4,5). The molecule has 0 aliphatic carbocycles. The fourth-order valence-electron chi connectivity index (χ4n) is 2.82. The smallest absolute Gasteiger partial charge is 0.332 e. The van der Waals surface area contributed by atoms with E-state index in [9.17, 15) is 24.0 Å². The van der Waals surface area contributed by atoms with E-state index in [1.807, 2.05) is 0 Å². The van der Waals surface area contributed by atoms with Gasteiger partial charge in [0.25, 0.3) is 0 Å². The molecule has 0 heterocycles. The van der Waals surface area contributed by atoms with Crippen molar-refractivity contribution in [3.8, 4) is 0 Å². The maximum absolute atomic E-state index is 12.6. The lowest BCUT2D eigenvalue weighted by Gasteiger charge is -2.21. The lowest BCUT2D eigenvalue weighted by Crippen LogP contribution is -2.35. The lowest BCUT2D eigenvalue weighted by atomic mass is 10.0. The van der Waals surface area contributed by atoms with Crippen LogP contribution in [0.1, 0.15) is 73.4 Å². The van der Waals surface area contributed by atoms with Gasteiger partial charge >= 0.3 is 29.7 Å². The van der Waals surface area contributed by atoms with Crippen LogP contribution in [0.15, 0.2) is 61.2 Å². The molecule has 0 aromatic heterocycles. The Balaban J connectivity index is 0.00000146. The van der Waals surface area contributed by atoms with E-state index in [-0.39, 0.29) is 23.3 Å². The van der Waals surface area contributed by atoms with E-state index in [0.717, 1.165) is 17.2 Å². The topological polar surface area (TPSA) is 149 Å². The largest absolute Gasteiger partial charge is 0.478 e. The summed E-state index contributed by atoms with van der Waals surface area (Å²) in [5.74, 6) is -3.55. The van der Waals surface area contributed by atoms with Gasteiger partial charge in [0.05, 0.1) is 12.2 Å². The molecular weight excluding hydrogens is 524 g/mol. The monoisotopic (exact) mass is 558 g/mol. The molecule has 2 rings (SSSR count). The van der Waals surface area contributed by atoms with Gasteiger partial charge in [-0.3, -0.25) is 9.59 Å². The van der Waals surface area contributed by atoms with Gasteiger partial charge in [-0.25, -0.2) is 24.1 Å². The van der Waals surface area contributed by atoms with Gasteiger partial charge in [0, 0.05) is 31.1 Å². The third kappa shape index (κ3) is 12.3. The number of carboxylic acid groups (broad SMARTS) is 1. The molecule has 0 saturated heterocycles. The molecule has 12 nitrogen and oxygen atoms in total. The summed E-state index contributed by atoms with van der Waals surface area (Å²) in [6.07, 6.45) is 0.630. The summed E-state index contributed by atoms with van der Waals surface area (Å²) in [6, 6.07) is 13.5. The normalized spacial score (nSPS) is 10.2. The van der Waals surface area contributed by atoms with Crippen LogP contribution < -0.4 is 0 Å². The maximum Gasteiger partial charge on any atom is 0.332 e. The molecule has 1 N–H and O–H groups in total. The first kappa shape index (κ1) is 33.5. The maximum atomic E-state index is 12.6. The second kappa shape index (κ2) is 16.4. The van der Waals surface area contributed by atoms with Crippen LogP contribution in [0.5, 0.6) is 0 Å². The van der Waals surface area contributed by atoms with Crippen molar-refractivity contribution >= 4 is 29.7 Å². The molecule has 216 valence electrons. The minimum atomic E-state index is -0.981. The second-order valence-electron chi connectivity index (χ2n) is 8.71. The number of hydrogen-bond acceptors (Lipinski definition) is 9. The first-order chi connectivity index (χ1) is 18.7. The van der Waals surface area contributed by atoms with Crippen LogP contribution in [0, 0.1) is 0 Å². The molecule has 2 aromatic rings. The highest BCUT2D eigenvalue weighted by Gasteiger charge is 2.23. The number of benzene rings is 2. The van der Waals surface area contributed by atoms with E-state index in [1.165, 1.54) is 13.8 Å². The van der Waals surface area contributed by atoms with Crippen LogP contribution in [0.3, 0.4) is 0 Å². The molecule has 0 radical (unpaired) electrons. The Kier molecular flexibility index (Phi) is 13.7. The van der Waals surface area contributed by atoms with Crippen LogP contribution >= 0.6 is 0 Å². The van der Waals surface area contributed by atoms with Crippen molar-refractivity contribution in [3.63, 3.8) is 0 Å². The molecule has 0 unspecified atom stereocenters. The summed E-state index contributed by atoms with van der Waals surface area (Å²) >= 11 is 0. The van der Waals surface area contributed by atoms with Crippen LogP contribution in [0.2, 0.25) is 0 Å². The Labute approximate surface area is 232 Å². The van der Waals surface area contributed by atoms with Crippen LogP contribution in [0.25, 0.3) is 0 Å². The number of aliphatic carboxylic acids is 1. The van der Waals surface area contributed by atoms with Gasteiger partial charge in [-0.05, 0) is 80.0 Å². The van der Waals surface area contributed by atoms with E-state index < -0.39 is 29.7 Å². The van der Waals surface area contributed by atoms with E-state index >= 15 is 0 Å². The quantitative estimate of drug-likeness (QED) is 0.353. The second-order valence-corrected chi connectivity index (χ2v) is 8.71. The molecule has 40 heavy (non-hydrogen) atoms. The fourth-order valence-corrected chi connectivity index (χ4v) is 2.82. The van der Waals surface area contributed by atoms with E-state index in [4.69, 9.17) is 24.5 Å². The number of rotatable bonds is 9. The summed E-state index contributed by atoms with van der Waals surface area (Å²) in [6.45, 7) is 12.1. The fraction of sp³-hybridized carbons (Fsp3) is 0.321. The minimum absolute atomic E-state index is 0.285. The van der Waals surface area contributed by atoms with Crippen molar-refractivity contribution in [2.75, 3.05) is 0 Å². The van der Waals surface area contributed by atoms with Crippen molar-refractivity contribution in [3.05, 3.63) is 83.4 Å². The molecule has 0 spiro atoms. The average Bonchev–Trinajstić information content (AvgIpc) is 2.87. The first-order valence-corrected chi connectivity index (χ1v) is 12.2. The van der Waals surface area contributed by atoms with Crippen LogP contribution in [0.4, 0.5) is 0 Å². The van der Waals surface area contributed by atoms with Gasteiger partial charge < -0.3 is 14.8 Å². The summed E-state index contributed by atoms with van der Waals surface area (Å²) in [4.78, 5) is 77.3. The first-order valence-electron chi connectivity index (χ1n) is 12.2. The minimum Gasteiger partial charge on any atom is -0.478 e. The van der Waals surface area contributed by atoms with E-state index in [0.29, 0.717) is 16.9 Å². The molecule has 0 saturated carbocycles. The van der Waals surface area contributed by atoms with Gasteiger partial charge in [-0.15, -0.1) is 0 Å². The summed E-state index contributed by atoms with van der Waals surface area (Å²) in [7, 11) is 0. The van der Waals surface area contributed by atoms with Crippen molar-refractivity contribution in [2.45, 2.75) is 60.2 Å². The van der Waals surface area contributed by atoms with Gasteiger partial charge in [0.2, 0.25) is 0 Å². The number of hydroxylamine groups is 4. The Bertz CT molecular complexity index is 1090. The molecule has 0 aliphatic heterocycles. The zero-order valence-electron chi connectivity index (χ0n) is 23.3. The van der Waals surface area contributed by atoms with Gasteiger partial charge in [0.1, 0.15) is 0 Å². The summed E-state index contributed by atoms with van der Waals surface area (Å²) in [5, 5.41) is 8.77. The molecule has 0 fully saturated rings. The Hall–Kier alpha value is -4.55. The van der Waals surface area contributed by atoms with Crippen molar-refractivity contribution in [1.29, 1.82) is 0 Å². The zero-order chi connectivity index (χ0) is 30.4. The number of carbonyl (C=O) groups excluding carboxylic acids is 4. The highest BCUT2D eigenvalue weighted by molar-refractivity contribution is 5.94. The number of nitrogens with zero attached hydrogens (tertiary/aromatic N) is 2. The Morgan fingerprint density at radius 1 is 0.725 bits per heavy atom. The molecule has 2 amide bonds. The molecular formula is C28H34N2O10. The molecule has 0 aliphatic rings. The van der Waals surface area contributed by atoms with Gasteiger partial charge in [0.15, 0.2) is 0 Å². The number of carbonyl (C=O) groups is 5. The average molecular weight is 559 g/mol.